The summed E-state index contributed by atoms with van der Waals surface area (Å²) in [6.07, 6.45) is 0. The van der Waals surface area contributed by atoms with E-state index in [1.807, 2.05) is 19.1 Å². The largest absolute Gasteiger partial charge is 0.329 e. The smallest absolute Gasteiger partial charge is 0.0547 e. The molecule has 0 spiro atoms. The van der Waals surface area contributed by atoms with Gasteiger partial charge in [-0.3, -0.25) is 9.88 Å². The number of halogens is 1. The number of rotatable bonds is 5. The zero-order valence-corrected chi connectivity index (χ0v) is 14.4. The van der Waals surface area contributed by atoms with Crippen LogP contribution in [0.1, 0.15) is 28.6 Å². The zero-order chi connectivity index (χ0) is 15.4. The van der Waals surface area contributed by atoms with Gasteiger partial charge in [0.2, 0.25) is 0 Å². The highest BCUT2D eigenvalue weighted by Crippen LogP contribution is 2.24. The second-order valence-corrected chi connectivity index (χ2v) is 6.30. The van der Waals surface area contributed by atoms with Crippen LogP contribution in [-0.2, 0) is 6.54 Å². The number of nitrogens with zero attached hydrogens (tertiary/aromatic N) is 2. The Morgan fingerprint density at radius 2 is 2.00 bits per heavy atom. The minimum atomic E-state index is 0.194. The van der Waals surface area contributed by atoms with Gasteiger partial charge in [-0.05, 0) is 50.2 Å². The van der Waals surface area contributed by atoms with Crippen LogP contribution in [-0.4, -0.2) is 23.5 Å². The van der Waals surface area contributed by atoms with Crippen LogP contribution in [0.4, 0.5) is 0 Å². The maximum absolute atomic E-state index is 6.00. The number of benzene rings is 1. The summed E-state index contributed by atoms with van der Waals surface area (Å²) in [6, 6.07) is 12.7. The molecule has 0 fully saturated rings. The van der Waals surface area contributed by atoms with Crippen molar-refractivity contribution in [3.63, 3.8) is 0 Å². The lowest BCUT2D eigenvalue weighted by atomic mass is 10.0. The van der Waals surface area contributed by atoms with Crippen molar-refractivity contribution < 1.29 is 0 Å². The highest BCUT2D eigenvalue weighted by atomic mass is 79.9. The first-order valence-electron chi connectivity index (χ1n) is 7.10. The SMILES string of the molecule is Cc1cccc(CN(C)C(CN)c2ccc(Br)c(C)c2)n1. The van der Waals surface area contributed by atoms with Crippen LogP contribution < -0.4 is 5.73 Å². The van der Waals surface area contributed by atoms with Crippen LogP contribution in [0.15, 0.2) is 40.9 Å². The maximum atomic E-state index is 6.00. The monoisotopic (exact) mass is 347 g/mol. The molecule has 4 heteroatoms. The average molecular weight is 348 g/mol. The summed E-state index contributed by atoms with van der Waals surface area (Å²) >= 11 is 3.54. The quantitative estimate of drug-likeness (QED) is 0.898. The molecule has 0 amide bonds. The number of aryl methyl sites for hydroxylation is 2. The molecular formula is C17H22BrN3. The van der Waals surface area contributed by atoms with E-state index in [1.165, 1.54) is 11.1 Å². The fourth-order valence-electron chi connectivity index (χ4n) is 2.50. The van der Waals surface area contributed by atoms with Crippen molar-refractivity contribution in [2.24, 2.45) is 5.73 Å². The second kappa shape index (κ2) is 7.16. The predicted molar refractivity (Wildman–Crippen MR) is 91.1 cm³/mol. The van der Waals surface area contributed by atoms with E-state index in [-0.39, 0.29) is 6.04 Å². The van der Waals surface area contributed by atoms with Crippen molar-refractivity contribution in [1.29, 1.82) is 0 Å². The maximum Gasteiger partial charge on any atom is 0.0547 e. The van der Waals surface area contributed by atoms with Crippen molar-refractivity contribution >= 4 is 15.9 Å². The number of pyridine rings is 1. The predicted octanol–water partition coefficient (Wildman–Crippen LogP) is 3.59. The molecule has 0 radical (unpaired) electrons. The molecule has 0 saturated carbocycles. The molecular weight excluding hydrogens is 326 g/mol. The third-order valence-corrected chi connectivity index (χ3v) is 4.57. The second-order valence-electron chi connectivity index (χ2n) is 5.45. The van der Waals surface area contributed by atoms with E-state index in [0.29, 0.717) is 6.54 Å². The van der Waals surface area contributed by atoms with Crippen LogP contribution in [0.2, 0.25) is 0 Å². The zero-order valence-electron chi connectivity index (χ0n) is 12.8. The van der Waals surface area contributed by atoms with Crippen molar-refractivity contribution in [1.82, 2.24) is 9.88 Å². The van der Waals surface area contributed by atoms with Gasteiger partial charge in [0.25, 0.3) is 0 Å². The van der Waals surface area contributed by atoms with E-state index in [2.05, 4.69) is 64.1 Å². The Balaban J connectivity index is 2.18. The molecule has 2 aromatic rings. The van der Waals surface area contributed by atoms with Gasteiger partial charge in [0, 0.05) is 29.3 Å². The molecule has 0 bridgehead atoms. The standard InChI is InChI=1S/C17H22BrN3/c1-12-9-14(7-8-16(12)18)17(10-19)21(3)11-15-6-4-5-13(2)20-15/h4-9,17H,10-11,19H2,1-3H3. The van der Waals surface area contributed by atoms with E-state index in [1.54, 1.807) is 0 Å². The number of likely N-dealkylation sites (N-methyl/N-ethyl adjacent to an activating group) is 1. The van der Waals surface area contributed by atoms with Gasteiger partial charge in [-0.15, -0.1) is 0 Å². The van der Waals surface area contributed by atoms with Crippen molar-refractivity contribution in [3.05, 3.63) is 63.4 Å². The van der Waals surface area contributed by atoms with E-state index in [9.17, 15) is 0 Å². The minimum absolute atomic E-state index is 0.194. The molecule has 1 atom stereocenters. The van der Waals surface area contributed by atoms with Crippen LogP contribution in [0.5, 0.6) is 0 Å². The molecule has 2 rings (SSSR count). The van der Waals surface area contributed by atoms with E-state index >= 15 is 0 Å². The Morgan fingerprint density at radius 1 is 1.24 bits per heavy atom. The van der Waals surface area contributed by atoms with E-state index < -0.39 is 0 Å². The van der Waals surface area contributed by atoms with Gasteiger partial charge >= 0.3 is 0 Å². The summed E-state index contributed by atoms with van der Waals surface area (Å²) in [5.74, 6) is 0. The van der Waals surface area contributed by atoms with Crippen LogP contribution in [0, 0.1) is 13.8 Å². The van der Waals surface area contributed by atoms with Gasteiger partial charge in [-0.1, -0.05) is 34.1 Å². The summed E-state index contributed by atoms with van der Waals surface area (Å²) in [6.45, 7) is 5.49. The van der Waals surface area contributed by atoms with Crippen LogP contribution in [0.25, 0.3) is 0 Å². The Bertz CT molecular complexity index is 613. The number of hydrogen-bond acceptors (Lipinski definition) is 3. The Hall–Kier alpha value is -1.23. The molecule has 1 unspecified atom stereocenters. The Kier molecular flexibility index (Phi) is 5.51. The molecule has 0 aliphatic heterocycles. The number of aromatic nitrogens is 1. The first-order valence-corrected chi connectivity index (χ1v) is 7.89. The van der Waals surface area contributed by atoms with E-state index in [4.69, 9.17) is 5.73 Å². The lowest BCUT2D eigenvalue weighted by Gasteiger charge is -2.27. The highest BCUT2D eigenvalue weighted by molar-refractivity contribution is 9.10. The summed E-state index contributed by atoms with van der Waals surface area (Å²) in [5.41, 5.74) is 10.6. The first-order chi connectivity index (χ1) is 10.0. The third kappa shape index (κ3) is 4.13. The molecule has 1 aromatic carbocycles. The summed E-state index contributed by atoms with van der Waals surface area (Å²) < 4.78 is 1.13. The summed E-state index contributed by atoms with van der Waals surface area (Å²) in [7, 11) is 2.10. The molecule has 0 aliphatic rings. The highest BCUT2D eigenvalue weighted by Gasteiger charge is 2.16. The van der Waals surface area contributed by atoms with Gasteiger partial charge in [0.1, 0.15) is 0 Å². The van der Waals surface area contributed by atoms with Crippen LogP contribution >= 0.6 is 15.9 Å². The molecule has 21 heavy (non-hydrogen) atoms. The van der Waals surface area contributed by atoms with Crippen LogP contribution in [0.3, 0.4) is 0 Å². The number of hydrogen-bond donors (Lipinski definition) is 1. The molecule has 1 heterocycles. The first kappa shape index (κ1) is 16.1. The third-order valence-electron chi connectivity index (χ3n) is 3.68. The molecule has 0 aliphatic carbocycles. The summed E-state index contributed by atoms with van der Waals surface area (Å²) in [4.78, 5) is 6.82. The molecule has 112 valence electrons. The molecule has 0 saturated heterocycles. The van der Waals surface area contributed by atoms with Gasteiger partial charge in [0.15, 0.2) is 0 Å². The van der Waals surface area contributed by atoms with Gasteiger partial charge in [0.05, 0.1) is 5.69 Å². The minimum Gasteiger partial charge on any atom is -0.329 e. The lowest BCUT2D eigenvalue weighted by molar-refractivity contribution is 0.239. The Labute approximate surface area is 135 Å². The molecule has 3 nitrogen and oxygen atoms in total. The van der Waals surface area contributed by atoms with Crippen molar-refractivity contribution in [2.45, 2.75) is 26.4 Å². The fraction of sp³-hybridized carbons (Fsp3) is 0.353. The number of nitrogens with two attached hydrogens (primary N) is 1. The van der Waals surface area contributed by atoms with E-state index in [0.717, 1.165) is 22.4 Å². The van der Waals surface area contributed by atoms with Gasteiger partial charge in [-0.25, -0.2) is 0 Å². The fourth-order valence-corrected chi connectivity index (χ4v) is 2.75. The molecule has 2 N–H and O–H groups in total. The summed E-state index contributed by atoms with van der Waals surface area (Å²) in [5, 5.41) is 0. The normalized spacial score (nSPS) is 12.7. The van der Waals surface area contributed by atoms with Gasteiger partial charge < -0.3 is 5.73 Å². The topological polar surface area (TPSA) is 42.1 Å². The van der Waals surface area contributed by atoms with Crippen molar-refractivity contribution in [2.75, 3.05) is 13.6 Å². The average Bonchev–Trinajstić information content (AvgIpc) is 2.43. The molecule has 1 aromatic heterocycles. The lowest BCUT2D eigenvalue weighted by Crippen LogP contribution is -2.30. The Morgan fingerprint density at radius 3 is 2.62 bits per heavy atom. The van der Waals surface area contributed by atoms with Gasteiger partial charge in [-0.2, -0.15) is 0 Å². The van der Waals surface area contributed by atoms with Crippen molar-refractivity contribution in [3.8, 4) is 0 Å².